The first-order valence-electron chi connectivity index (χ1n) is 6.91. The van der Waals surface area contributed by atoms with E-state index in [1.807, 2.05) is 6.92 Å². The molecule has 116 valence electrons. The van der Waals surface area contributed by atoms with Gasteiger partial charge in [-0.1, -0.05) is 13.0 Å². The minimum absolute atomic E-state index is 0.0795. The van der Waals surface area contributed by atoms with Gasteiger partial charge in [0.25, 0.3) is 0 Å². The SMILES string of the molecule is CNS(=O)(=O)c1cc(NC(=O)[C@@H]2CNC[C@H]2C)ccc1C. The summed E-state index contributed by atoms with van der Waals surface area (Å²) in [6.07, 6.45) is 0. The Kier molecular flexibility index (Phi) is 4.65. The molecule has 0 radical (unpaired) electrons. The van der Waals surface area contributed by atoms with Gasteiger partial charge >= 0.3 is 0 Å². The van der Waals surface area contributed by atoms with Crippen LogP contribution in [0.25, 0.3) is 0 Å². The number of aryl methyl sites for hydroxylation is 1. The van der Waals surface area contributed by atoms with Gasteiger partial charge in [0.2, 0.25) is 15.9 Å². The van der Waals surface area contributed by atoms with E-state index in [2.05, 4.69) is 15.4 Å². The molecule has 0 saturated carbocycles. The van der Waals surface area contributed by atoms with Crippen LogP contribution in [-0.4, -0.2) is 34.5 Å². The number of sulfonamides is 1. The van der Waals surface area contributed by atoms with Crippen molar-refractivity contribution in [2.75, 3.05) is 25.5 Å². The number of carbonyl (C=O) groups is 1. The van der Waals surface area contributed by atoms with Crippen LogP contribution in [0.4, 0.5) is 5.69 Å². The predicted octanol–water partition coefficient (Wildman–Crippen LogP) is 0.697. The van der Waals surface area contributed by atoms with Crippen LogP contribution in [0.15, 0.2) is 23.1 Å². The molecule has 0 aromatic heterocycles. The maximum absolute atomic E-state index is 12.2. The summed E-state index contributed by atoms with van der Waals surface area (Å²) < 4.78 is 26.2. The fraction of sp³-hybridized carbons (Fsp3) is 0.500. The molecule has 0 unspecified atom stereocenters. The van der Waals surface area contributed by atoms with E-state index >= 15 is 0 Å². The lowest BCUT2D eigenvalue weighted by Gasteiger charge is -2.15. The molecular weight excluding hydrogens is 290 g/mol. The van der Waals surface area contributed by atoms with Gasteiger partial charge in [-0.25, -0.2) is 13.1 Å². The smallest absolute Gasteiger partial charge is 0.240 e. The normalized spacial score (nSPS) is 22.2. The Morgan fingerprint density at radius 2 is 2.05 bits per heavy atom. The molecule has 6 nitrogen and oxygen atoms in total. The van der Waals surface area contributed by atoms with Gasteiger partial charge in [-0.05, 0) is 44.1 Å². The van der Waals surface area contributed by atoms with Crippen molar-refractivity contribution in [3.8, 4) is 0 Å². The quantitative estimate of drug-likeness (QED) is 0.764. The molecule has 1 fully saturated rings. The van der Waals surface area contributed by atoms with Gasteiger partial charge in [0.1, 0.15) is 0 Å². The van der Waals surface area contributed by atoms with Crippen LogP contribution in [-0.2, 0) is 14.8 Å². The fourth-order valence-corrected chi connectivity index (χ4v) is 3.47. The van der Waals surface area contributed by atoms with Gasteiger partial charge in [-0.2, -0.15) is 0 Å². The molecule has 1 aliphatic rings. The Bertz CT molecular complexity index is 643. The van der Waals surface area contributed by atoms with Crippen LogP contribution < -0.4 is 15.4 Å². The summed E-state index contributed by atoms with van der Waals surface area (Å²) in [4.78, 5) is 12.4. The van der Waals surface area contributed by atoms with Gasteiger partial charge in [-0.15, -0.1) is 0 Å². The Hall–Kier alpha value is -1.44. The van der Waals surface area contributed by atoms with Crippen LogP contribution in [0.5, 0.6) is 0 Å². The highest BCUT2D eigenvalue weighted by Gasteiger charge is 2.29. The monoisotopic (exact) mass is 311 g/mol. The van der Waals surface area contributed by atoms with Crippen molar-refractivity contribution >= 4 is 21.6 Å². The number of amides is 1. The summed E-state index contributed by atoms with van der Waals surface area (Å²) in [5, 5.41) is 5.98. The third-order valence-electron chi connectivity index (χ3n) is 3.87. The molecule has 1 heterocycles. The van der Waals surface area contributed by atoms with Crippen molar-refractivity contribution in [3.63, 3.8) is 0 Å². The molecule has 0 spiro atoms. The molecule has 7 heteroatoms. The summed E-state index contributed by atoms with van der Waals surface area (Å²) in [5.74, 6) is 0.107. The third-order valence-corrected chi connectivity index (χ3v) is 5.42. The van der Waals surface area contributed by atoms with Gasteiger partial charge in [0.05, 0.1) is 10.8 Å². The van der Waals surface area contributed by atoms with Crippen molar-refractivity contribution < 1.29 is 13.2 Å². The molecule has 1 saturated heterocycles. The molecule has 2 rings (SSSR count). The van der Waals surface area contributed by atoms with Crippen LogP contribution >= 0.6 is 0 Å². The number of rotatable bonds is 4. The van der Waals surface area contributed by atoms with E-state index in [4.69, 9.17) is 0 Å². The molecule has 1 aliphatic heterocycles. The number of carbonyl (C=O) groups excluding carboxylic acids is 1. The van der Waals surface area contributed by atoms with Crippen molar-refractivity contribution in [2.24, 2.45) is 11.8 Å². The second-order valence-electron chi connectivity index (χ2n) is 5.42. The molecule has 0 aliphatic carbocycles. The molecule has 2 atom stereocenters. The van der Waals surface area contributed by atoms with E-state index in [9.17, 15) is 13.2 Å². The molecule has 1 amide bonds. The number of anilines is 1. The van der Waals surface area contributed by atoms with Crippen LogP contribution in [0.1, 0.15) is 12.5 Å². The van der Waals surface area contributed by atoms with Crippen LogP contribution in [0.2, 0.25) is 0 Å². The molecule has 1 aromatic rings. The minimum Gasteiger partial charge on any atom is -0.326 e. The summed E-state index contributed by atoms with van der Waals surface area (Å²) in [6.45, 7) is 5.22. The summed E-state index contributed by atoms with van der Waals surface area (Å²) in [5.41, 5.74) is 1.14. The van der Waals surface area contributed by atoms with E-state index in [-0.39, 0.29) is 22.6 Å². The Labute approximate surface area is 125 Å². The molecule has 21 heavy (non-hydrogen) atoms. The largest absolute Gasteiger partial charge is 0.326 e. The molecule has 1 aromatic carbocycles. The zero-order valence-corrected chi connectivity index (χ0v) is 13.3. The van der Waals surface area contributed by atoms with Gasteiger partial charge < -0.3 is 10.6 Å². The maximum atomic E-state index is 12.2. The highest BCUT2D eigenvalue weighted by atomic mass is 32.2. The lowest BCUT2D eigenvalue weighted by atomic mass is 9.97. The third kappa shape index (κ3) is 3.42. The zero-order chi connectivity index (χ0) is 15.6. The fourth-order valence-electron chi connectivity index (χ4n) is 2.47. The number of nitrogens with one attached hydrogen (secondary N) is 3. The molecule has 0 bridgehead atoms. The van der Waals surface area contributed by atoms with E-state index < -0.39 is 10.0 Å². The van der Waals surface area contributed by atoms with Gasteiger partial charge in [0.15, 0.2) is 0 Å². The Balaban J connectivity index is 2.22. The number of benzene rings is 1. The highest BCUT2D eigenvalue weighted by molar-refractivity contribution is 7.89. The van der Waals surface area contributed by atoms with Crippen LogP contribution in [0, 0.1) is 18.8 Å². The second-order valence-corrected chi connectivity index (χ2v) is 7.27. The second kappa shape index (κ2) is 6.13. The average Bonchev–Trinajstić information content (AvgIpc) is 2.87. The minimum atomic E-state index is -3.53. The first-order chi connectivity index (χ1) is 9.85. The predicted molar refractivity (Wildman–Crippen MR) is 81.6 cm³/mol. The lowest BCUT2D eigenvalue weighted by molar-refractivity contribution is -0.120. The van der Waals surface area contributed by atoms with E-state index in [0.717, 1.165) is 6.54 Å². The van der Waals surface area contributed by atoms with Crippen LogP contribution in [0.3, 0.4) is 0 Å². The summed E-state index contributed by atoms with van der Waals surface area (Å²) >= 11 is 0. The standard InChI is InChI=1S/C14H21N3O3S/c1-9-4-5-11(6-13(9)21(19,20)15-3)17-14(18)12-8-16-7-10(12)2/h4-6,10,12,15-16H,7-8H2,1-3H3,(H,17,18)/t10-,12-/m1/s1. The molecular formula is C14H21N3O3S. The maximum Gasteiger partial charge on any atom is 0.240 e. The summed E-state index contributed by atoms with van der Waals surface area (Å²) in [6, 6.07) is 4.90. The van der Waals surface area contributed by atoms with E-state index in [1.165, 1.54) is 13.1 Å². The number of hydrogen-bond acceptors (Lipinski definition) is 4. The van der Waals surface area contributed by atoms with Crippen molar-refractivity contribution in [3.05, 3.63) is 23.8 Å². The first-order valence-corrected chi connectivity index (χ1v) is 8.39. The van der Waals surface area contributed by atoms with Crippen molar-refractivity contribution in [2.45, 2.75) is 18.7 Å². The van der Waals surface area contributed by atoms with Crippen molar-refractivity contribution in [1.29, 1.82) is 0 Å². The van der Waals surface area contributed by atoms with Gasteiger partial charge in [0, 0.05) is 12.2 Å². The zero-order valence-electron chi connectivity index (χ0n) is 12.4. The topological polar surface area (TPSA) is 87.3 Å². The van der Waals surface area contributed by atoms with Gasteiger partial charge in [-0.3, -0.25) is 4.79 Å². The number of hydrogen-bond donors (Lipinski definition) is 3. The Morgan fingerprint density at radius 1 is 1.33 bits per heavy atom. The highest BCUT2D eigenvalue weighted by Crippen LogP contribution is 2.22. The van der Waals surface area contributed by atoms with E-state index in [1.54, 1.807) is 19.1 Å². The summed E-state index contributed by atoms with van der Waals surface area (Å²) in [7, 11) is -2.16. The van der Waals surface area contributed by atoms with Crippen molar-refractivity contribution in [1.82, 2.24) is 10.0 Å². The molecule has 3 N–H and O–H groups in total. The average molecular weight is 311 g/mol. The Morgan fingerprint density at radius 3 is 2.62 bits per heavy atom. The lowest BCUT2D eigenvalue weighted by Crippen LogP contribution is -2.28. The first kappa shape index (κ1) is 15.9. The van der Waals surface area contributed by atoms with E-state index in [0.29, 0.717) is 17.8 Å².